The average molecular weight is 492 g/mol. The van der Waals surface area contributed by atoms with Crippen LogP contribution in [0.25, 0.3) is 16.6 Å². The largest absolute Gasteiger partial charge is 0.497 e. The minimum absolute atomic E-state index is 0.0986. The number of ether oxygens (including phenoxy) is 1. The van der Waals surface area contributed by atoms with Crippen LogP contribution >= 0.6 is 11.8 Å². The molecule has 8 heteroatoms. The summed E-state index contributed by atoms with van der Waals surface area (Å²) < 4.78 is 20.1. The molecule has 0 bridgehead atoms. The van der Waals surface area contributed by atoms with Crippen LogP contribution in [0, 0.1) is 5.82 Å². The molecule has 0 spiro atoms. The van der Waals surface area contributed by atoms with E-state index in [1.165, 1.54) is 23.9 Å². The number of carbonyl (C=O) groups excluding carboxylic acids is 1. The van der Waals surface area contributed by atoms with Crippen molar-refractivity contribution in [1.82, 2.24) is 14.5 Å². The third-order valence-corrected chi connectivity index (χ3v) is 6.76. The van der Waals surface area contributed by atoms with E-state index in [2.05, 4.69) is 0 Å². The summed E-state index contributed by atoms with van der Waals surface area (Å²) in [6, 6.07) is 18.4. The molecule has 1 heterocycles. The number of rotatable bonds is 8. The fourth-order valence-corrected chi connectivity index (χ4v) is 4.74. The van der Waals surface area contributed by atoms with Crippen LogP contribution in [0.2, 0.25) is 0 Å². The van der Waals surface area contributed by atoms with Crippen LogP contribution in [-0.2, 0) is 5.75 Å². The molecule has 0 aliphatic heterocycles. The molecule has 6 nitrogen and oxygen atoms in total. The molecular weight excluding hydrogens is 465 g/mol. The minimum atomic E-state index is -0.303. The van der Waals surface area contributed by atoms with Crippen molar-refractivity contribution >= 4 is 28.6 Å². The highest BCUT2D eigenvalue weighted by Crippen LogP contribution is 2.26. The lowest BCUT2D eigenvalue weighted by atomic mass is 10.1. The van der Waals surface area contributed by atoms with E-state index in [0.29, 0.717) is 51.9 Å². The monoisotopic (exact) mass is 491 g/mol. The minimum Gasteiger partial charge on any atom is -0.497 e. The molecule has 3 aromatic carbocycles. The smallest absolute Gasteiger partial charge is 0.266 e. The second-order valence-corrected chi connectivity index (χ2v) is 8.80. The zero-order chi connectivity index (χ0) is 24.9. The molecule has 1 aromatic heterocycles. The first-order valence-corrected chi connectivity index (χ1v) is 12.3. The van der Waals surface area contributed by atoms with E-state index in [0.717, 1.165) is 5.56 Å². The second-order valence-electron chi connectivity index (χ2n) is 7.86. The lowest BCUT2D eigenvalue weighted by molar-refractivity contribution is 0.0773. The lowest BCUT2D eigenvalue weighted by Gasteiger charge is -2.19. The van der Waals surface area contributed by atoms with Crippen LogP contribution in [0.1, 0.15) is 29.8 Å². The molecule has 0 aliphatic carbocycles. The number of thioether (sulfide) groups is 1. The summed E-state index contributed by atoms with van der Waals surface area (Å²) in [5.74, 6) is 0.768. The standard InChI is InChI=1S/C27H26FN3O3S/c1-4-30(5-2)25(32)19-8-15-23-24(16-19)29-27(35-17-18-6-9-20(28)10-7-18)31(26(23)33)21-11-13-22(34-3)14-12-21/h6-16H,4-5,17H2,1-3H3. The van der Waals surface area contributed by atoms with Crippen LogP contribution in [0.4, 0.5) is 4.39 Å². The molecule has 0 fully saturated rings. The van der Waals surface area contributed by atoms with Crippen molar-refractivity contribution in [3.63, 3.8) is 0 Å². The van der Waals surface area contributed by atoms with Gasteiger partial charge in [-0.2, -0.15) is 0 Å². The number of aromatic nitrogens is 2. The van der Waals surface area contributed by atoms with Crippen molar-refractivity contribution < 1.29 is 13.9 Å². The number of fused-ring (bicyclic) bond motifs is 1. The first kappa shape index (κ1) is 24.5. The predicted octanol–water partition coefficient (Wildman–Crippen LogP) is 5.31. The Morgan fingerprint density at radius 3 is 2.34 bits per heavy atom. The Kier molecular flexibility index (Phi) is 7.51. The summed E-state index contributed by atoms with van der Waals surface area (Å²) in [4.78, 5) is 33.0. The highest BCUT2D eigenvalue weighted by atomic mass is 32.2. The summed E-state index contributed by atoms with van der Waals surface area (Å²) in [6.45, 7) is 5.05. The Morgan fingerprint density at radius 1 is 1.03 bits per heavy atom. The number of hydrogen-bond acceptors (Lipinski definition) is 5. The van der Waals surface area contributed by atoms with Gasteiger partial charge in [0.15, 0.2) is 5.16 Å². The molecule has 0 aliphatic rings. The van der Waals surface area contributed by atoms with Gasteiger partial charge in [0, 0.05) is 24.4 Å². The van der Waals surface area contributed by atoms with Crippen LogP contribution < -0.4 is 10.3 Å². The van der Waals surface area contributed by atoms with E-state index in [-0.39, 0.29) is 17.3 Å². The van der Waals surface area contributed by atoms with E-state index in [4.69, 9.17) is 9.72 Å². The van der Waals surface area contributed by atoms with Gasteiger partial charge < -0.3 is 9.64 Å². The predicted molar refractivity (Wildman–Crippen MR) is 137 cm³/mol. The molecule has 35 heavy (non-hydrogen) atoms. The molecule has 0 unspecified atom stereocenters. The zero-order valence-electron chi connectivity index (χ0n) is 19.8. The van der Waals surface area contributed by atoms with Crippen molar-refractivity contribution in [2.45, 2.75) is 24.8 Å². The van der Waals surface area contributed by atoms with E-state index in [9.17, 15) is 14.0 Å². The van der Waals surface area contributed by atoms with Gasteiger partial charge in [0.25, 0.3) is 11.5 Å². The Hall–Kier alpha value is -3.65. The van der Waals surface area contributed by atoms with E-state index < -0.39 is 0 Å². The van der Waals surface area contributed by atoms with Crippen molar-refractivity contribution in [2.75, 3.05) is 20.2 Å². The molecular formula is C27H26FN3O3S. The highest BCUT2D eigenvalue weighted by Gasteiger charge is 2.18. The number of halogens is 1. The Morgan fingerprint density at radius 2 is 1.71 bits per heavy atom. The fourth-order valence-electron chi connectivity index (χ4n) is 3.78. The number of amides is 1. The summed E-state index contributed by atoms with van der Waals surface area (Å²) in [5.41, 5.74) is 2.26. The van der Waals surface area contributed by atoms with Gasteiger partial charge in [-0.3, -0.25) is 14.2 Å². The number of carbonyl (C=O) groups is 1. The molecule has 1 amide bonds. The van der Waals surface area contributed by atoms with Crippen molar-refractivity contribution in [1.29, 1.82) is 0 Å². The maximum atomic E-state index is 13.6. The molecule has 0 saturated carbocycles. The Balaban J connectivity index is 1.82. The summed E-state index contributed by atoms with van der Waals surface area (Å²) in [6.07, 6.45) is 0. The van der Waals surface area contributed by atoms with Crippen LogP contribution in [-0.4, -0.2) is 40.6 Å². The number of nitrogens with zero attached hydrogens (tertiary/aromatic N) is 3. The average Bonchev–Trinajstić information content (AvgIpc) is 2.89. The van der Waals surface area contributed by atoms with Gasteiger partial charge in [0.05, 0.1) is 23.7 Å². The summed E-state index contributed by atoms with van der Waals surface area (Å²) >= 11 is 1.37. The van der Waals surface area contributed by atoms with E-state index in [1.807, 2.05) is 13.8 Å². The highest BCUT2D eigenvalue weighted by molar-refractivity contribution is 7.98. The third-order valence-electron chi connectivity index (χ3n) is 5.75. The van der Waals surface area contributed by atoms with Gasteiger partial charge >= 0.3 is 0 Å². The first-order valence-electron chi connectivity index (χ1n) is 11.3. The van der Waals surface area contributed by atoms with Gasteiger partial charge in [-0.15, -0.1) is 0 Å². The maximum absolute atomic E-state index is 13.6. The molecule has 0 radical (unpaired) electrons. The molecule has 0 saturated heterocycles. The summed E-state index contributed by atoms with van der Waals surface area (Å²) in [7, 11) is 1.58. The molecule has 180 valence electrons. The number of hydrogen-bond donors (Lipinski definition) is 0. The van der Waals surface area contributed by atoms with Crippen molar-refractivity contribution in [2.24, 2.45) is 0 Å². The zero-order valence-corrected chi connectivity index (χ0v) is 20.6. The van der Waals surface area contributed by atoms with Gasteiger partial charge in [-0.25, -0.2) is 9.37 Å². The molecule has 0 atom stereocenters. The van der Waals surface area contributed by atoms with Gasteiger partial charge in [0.2, 0.25) is 0 Å². The Bertz CT molecular complexity index is 1400. The van der Waals surface area contributed by atoms with Crippen LogP contribution in [0.5, 0.6) is 5.75 Å². The molecule has 0 N–H and O–H groups in total. The topological polar surface area (TPSA) is 64.4 Å². The van der Waals surface area contributed by atoms with E-state index in [1.54, 1.807) is 71.2 Å². The van der Waals surface area contributed by atoms with Gasteiger partial charge in [0.1, 0.15) is 11.6 Å². The maximum Gasteiger partial charge on any atom is 0.266 e. The number of benzene rings is 3. The lowest BCUT2D eigenvalue weighted by Crippen LogP contribution is -2.30. The van der Waals surface area contributed by atoms with Crippen LogP contribution in [0.3, 0.4) is 0 Å². The molecule has 4 aromatic rings. The first-order chi connectivity index (χ1) is 16.9. The van der Waals surface area contributed by atoms with E-state index >= 15 is 0 Å². The number of methoxy groups -OCH3 is 1. The fraction of sp³-hybridized carbons (Fsp3) is 0.222. The second kappa shape index (κ2) is 10.7. The third kappa shape index (κ3) is 5.22. The quantitative estimate of drug-likeness (QED) is 0.247. The normalized spacial score (nSPS) is 11.0. The Labute approximate surface area is 207 Å². The van der Waals surface area contributed by atoms with Crippen LogP contribution in [0.15, 0.2) is 76.7 Å². The van der Waals surface area contributed by atoms with Gasteiger partial charge in [-0.1, -0.05) is 23.9 Å². The summed E-state index contributed by atoms with van der Waals surface area (Å²) in [5, 5.41) is 0.896. The SMILES string of the molecule is CCN(CC)C(=O)c1ccc2c(=O)n(-c3ccc(OC)cc3)c(SCc3ccc(F)cc3)nc2c1. The van der Waals surface area contributed by atoms with Crippen molar-refractivity contribution in [3.8, 4) is 11.4 Å². The van der Waals surface area contributed by atoms with Crippen molar-refractivity contribution in [3.05, 3.63) is 94.0 Å². The van der Waals surface area contributed by atoms with Gasteiger partial charge in [-0.05, 0) is 74.0 Å². The molecule has 4 rings (SSSR count).